The molecule has 0 saturated carbocycles. The van der Waals surface area contributed by atoms with Crippen LogP contribution in [0.2, 0.25) is 0 Å². The third kappa shape index (κ3) is 3.34. The number of benzene rings is 1. The molecule has 0 aromatic heterocycles. The molecular weight excluding hydrogens is 240 g/mol. The summed E-state index contributed by atoms with van der Waals surface area (Å²) in [7, 11) is -2.16. The van der Waals surface area contributed by atoms with Crippen molar-refractivity contribution in [2.75, 3.05) is 12.8 Å². The molecule has 1 atom stereocenters. The number of nitrogen functional groups attached to an aromatic ring is 1. The average Bonchev–Trinajstić information content (AvgIpc) is 2.28. The van der Waals surface area contributed by atoms with E-state index in [9.17, 15) is 8.42 Å². The Morgan fingerprint density at radius 3 is 2.59 bits per heavy atom. The summed E-state index contributed by atoms with van der Waals surface area (Å²) in [6.45, 7) is 3.95. The number of sulfonamides is 1. The topological polar surface area (TPSA) is 81.4 Å². The van der Waals surface area contributed by atoms with Crippen LogP contribution in [-0.2, 0) is 10.0 Å². The lowest BCUT2D eigenvalue weighted by Gasteiger charge is -2.14. The maximum Gasteiger partial charge on any atom is 0.242 e. The van der Waals surface area contributed by atoms with E-state index in [1.54, 1.807) is 6.07 Å². The normalized spacial score (nSPS) is 13.4. The number of anilines is 1. The first-order chi connectivity index (χ1) is 7.90. The summed E-state index contributed by atoms with van der Waals surface area (Å²) in [6.07, 6.45) is 0.942. The van der Waals surface area contributed by atoms with Gasteiger partial charge in [0.2, 0.25) is 10.0 Å². The minimum Gasteiger partial charge on any atom is -0.491 e. The molecule has 0 spiro atoms. The summed E-state index contributed by atoms with van der Waals surface area (Å²) in [4.78, 5) is 0.0662. The van der Waals surface area contributed by atoms with Gasteiger partial charge in [0, 0.05) is 6.07 Å². The second-order valence-electron chi connectivity index (χ2n) is 3.74. The van der Waals surface area contributed by atoms with Crippen LogP contribution in [0.25, 0.3) is 0 Å². The molecule has 1 aromatic carbocycles. The van der Waals surface area contributed by atoms with E-state index >= 15 is 0 Å². The molecule has 0 amide bonds. The highest BCUT2D eigenvalue weighted by Gasteiger charge is 2.15. The third-order valence-corrected chi connectivity index (χ3v) is 3.94. The molecule has 17 heavy (non-hydrogen) atoms. The van der Waals surface area contributed by atoms with Gasteiger partial charge in [-0.2, -0.15) is 0 Å². The zero-order chi connectivity index (χ0) is 13.1. The van der Waals surface area contributed by atoms with Gasteiger partial charge in [0.25, 0.3) is 0 Å². The fraction of sp³-hybridized carbons (Fsp3) is 0.455. The Labute approximate surface area is 102 Å². The average molecular weight is 258 g/mol. The van der Waals surface area contributed by atoms with Crippen molar-refractivity contribution in [2.45, 2.75) is 31.3 Å². The molecule has 0 aliphatic rings. The van der Waals surface area contributed by atoms with Gasteiger partial charge in [0.1, 0.15) is 10.6 Å². The molecule has 1 rings (SSSR count). The summed E-state index contributed by atoms with van der Waals surface area (Å²) in [5, 5.41) is 0. The number of hydrogen-bond acceptors (Lipinski definition) is 4. The number of nitrogens with two attached hydrogens (primary N) is 1. The number of nitrogens with one attached hydrogen (secondary N) is 1. The van der Waals surface area contributed by atoms with Crippen molar-refractivity contribution in [3.63, 3.8) is 0 Å². The van der Waals surface area contributed by atoms with Crippen molar-refractivity contribution in [3.05, 3.63) is 18.2 Å². The van der Waals surface area contributed by atoms with E-state index in [1.807, 2.05) is 13.8 Å². The highest BCUT2D eigenvalue weighted by molar-refractivity contribution is 7.89. The summed E-state index contributed by atoms with van der Waals surface area (Å²) >= 11 is 0. The minimum absolute atomic E-state index is 0.0662. The lowest BCUT2D eigenvalue weighted by molar-refractivity contribution is 0.217. The quantitative estimate of drug-likeness (QED) is 0.781. The van der Waals surface area contributed by atoms with Gasteiger partial charge in [-0.05, 0) is 32.5 Å². The van der Waals surface area contributed by atoms with Gasteiger partial charge in [-0.15, -0.1) is 0 Å². The van der Waals surface area contributed by atoms with E-state index in [1.165, 1.54) is 19.2 Å². The van der Waals surface area contributed by atoms with Crippen molar-refractivity contribution >= 4 is 15.7 Å². The van der Waals surface area contributed by atoms with E-state index in [4.69, 9.17) is 10.5 Å². The molecular formula is C11H18N2O3S. The molecule has 1 aromatic rings. The predicted octanol–water partition coefficient (Wildman–Crippen LogP) is 1.35. The lowest BCUT2D eigenvalue weighted by atomic mass is 10.3. The maximum absolute atomic E-state index is 11.6. The van der Waals surface area contributed by atoms with Crippen LogP contribution in [-0.4, -0.2) is 21.6 Å². The number of ether oxygens (including phenoxy) is 1. The molecule has 1 unspecified atom stereocenters. The van der Waals surface area contributed by atoms with Crippen LogP contribution in [0.3, 0.4) is 0 Å². The second kappa shape index (κ2) is 5.37. The van der Waals surface area contributed by atoms with Gasteiger partial charge in [-0.25, -0.2) is 13.1 Å². The van der Waals surface area contributed by atoms with Gasteiger partial charge >= 0.3 is 0 Å². The lowest BCUT2D eigenvalue weighted by Crippen LogP contribution is -2.20. The second-order valence-corrected chi connectivity index (χ2v) is 5.60. The summed E-state index contributed by atoms with van der Waals surface area (Å²) in [5.74, 6) is 0.576. The summed E-state index contributed by atoms with van der Waals surface area (Å²) < 4.78 is 30.9. The van der Waals surface area contributed by atoms with Crippen molar-refractivity contribution in [2.24, 2.45) is 0 Å². The number of rotatable bonds is 5. The molecule has 0 aliphatic carbocycles. The first-order valence-corrected chi connectivity index (χ1v) is 6.88. The van der Waals surface area contributed by atoms with Gasteiger partial charge in [-0.1, -0.05) is 6.92 Å². The van der Waals surface area contributed by atoms with Crippen molar-refractivity contribution in [1.29, 1.82) is 0 Å². The van der Waals surface area contributed by atoms with Gasteiger partial charge < -0.3 is 10.5 Å². The highest BCUT2D eigenvalue weighted by atomic mass is 32.2. The Morgan fingerprint density at radius 2 is 2.12 bits per heavy atom. The predicted molar refractivity (Wildman–Crippen MR) is 67.5 cm³/mol. The van der Waals surface area contributed by atoms with Crippen LogP contribution in [0.15, 0.2) is 23.1 Å². The SMILES string of the molecule is CCC(C)Oc1ccc(S(=O)(=O)NC)c(N)c1. The minimum atomic E-state index is -3.51. The van der Waals surface area contributed by atoms with Crippen molar-refractivity contribution in [1.82, 2.24) is 4.72 Å². The van der Waals surface area contributed by atoms with Crippen LogP contribution < -0.4 is 15.2 Å². The monoisotopic (exact) mass is 258 g/mol. The largest absolute Gasteiger partial charge is 0.491 e. The fourth-order valence-electron chi connectivity index (χ4n) is 1.27. The Kier molecular flexibility index (Phi) is 4.36. The van der Waals surface area contributed by atoms with E-state index in [2.05, 4.69) is 4.72 Å². The van der Waals surface area contributed by atoms with E-state index < -0.39 is 10.0 Å². The molecule has 0 heterocycles. The Balaban J connectivity index is 3.03. The van der Waals surface area contributed by atoms with E-state index in [0.29, 0.717) is 5.75 Å². The van der Waals surface area contributed by atoms with Crippen LogP contribution >= 0.6 is 0 Å². The molecule has 0 bridgehead atoms. The Bertz CT molecular complexity index is 485. The molecule has 0 saturated heterocycles. The Hall–Kier alpha value is -1.27. The highest BCUT2D eigenvalue weighted by Crippen LogP contribution is 2.24. The van der Waals surface area contributed by atoms with Crippen LogP contribution in [0.1, 0.15) is 20.3 Å². The smallest absolute Gasteiger partial charge is 0.242 e. The molecule has 3 N–H and O–H groups in total. The van der Waals surface area contributed by atoms with Gasteiger partial charge in [-0.3, -0.25) is 0 Å². The maximum atomic E-state index is 11.6. The zero-order valence-corrected chi connectivity index (χ0v) is 11.0. The molecule has 0 fully saturated rings. The van der Waals surface area contributed by atoms with Crippen LogP contribution in [0.4, 0.5) is 5.69 Å². The van der Waals surface area contributed by atoms with Gasteiger partial charge in [0.15, 0.2) is 0 Å². The third-order valence-electron chi connectivity index (χ3n) is 2.45. The van der Waals surface area contributed by atoms with Crippen LogP contribution in [0, 0.1) is 0 Å². The molecule has 6 heteroatoms. The standard InChI is InChI=1S/C11H18N2O3S/c1-4-8(2)16-9-5-6-11(10(12)7-9)17(14,15)13-3/h5-8,13H,4,12H2,1-3H3. The van der Waals surface area contributed by atoms with Crippen molar-refractivity contribution < 1.29 is 13.2 Å². The Morgan fingerprint density at radius 1 is 1.47 bits per heavy atom. The molecule has 5 nitrogen and oxygen atoms in total. The fourth-order valence-corrected chi connectivity index (χ4v) is 2.11. The van der Waals surface area contributed by atoms with E-state index in [-0.39, 0.29) is 16.7 Å². The van der Waals surface area contributed by atoms with Crippen LogP contribution in [0.5, 0.6) is 5.75 Å². The van der Waals surface area contributed by atoms with Crippen molar-refractivity contribution in [3.8, 4) is 5.75 Å². The molecule has 96 valence electrons. The first-order valence-electron chi connectivity index (χ1n) is 5.40. The molecule has 0 aliphatic heterocycles. The summed E-state index contributed by atoms with van der Waals surface area (Å²) in [5.41, 5.74) is 5.88. The first kappa shape index (κ1) is 13.8. The summed E-state index contributed by atoms with van der Waals surface area (Å²) in [6, 6.07) is 4.57. The number of hydrogen-bond donors (Lipinski definition) is 2. The molecule has 0 radical (unpaired) electrons. The zero-order valence-electron chi connectivity index (χ0n) is 10.2. The van der Waals surface area contributed by atoms with E-state index in [0.717, 1.165) is 6.42 Å². The van der Waals surface area contributed by atoms with Gasteiger partial charge in [0.05, 0.1) is 11.8 Å².